The highest BCUT2D eigenvalue weighted by Crippen LogP contribution is 2.35. The Morgan fingerprint density at radius 2 is 2.00 bits per heavy atom. The number of aliphatic hydroxyl groups excluding tert-OH is 2. The lowest BCUT2D eigenvalue weighted by Gasteiger charge is -2.24. The van der Waals surface area contributed by atoms with Gasteiger partial charge in [0.15, 0.2) is 0 Å². The van der Waals surface area contributed by atoms with Gasteiger partial charge in [-0.3, -0.25) is 0 Å². The number of aliphatic hydroxyl groups is 2. The molecule has 0 aliphatic heterocycles. The Hall–Kier alpha value is -0.0800. The van der Waals surface area contributed by atoms with Gasteiger partial charge in [0, 0.05) is 13.2 Å². The Labute approximate surface area is 74.6 Å². The molecule has 0 aromatic carbocycles. The Morgan fingerprint density at radius 3 is 2.58 bits per heavy atom. The molecule has 2 unspecified atom stereocenters. The van der Waals surface area contributed by atoms with Gasteiger partial charge in [-0.25, -0.2) is 0 Å². The Kier molecular flexibility index (Phi) is 3.53. The Balaban J connectivity index is 2.44. The SMILES string of the molecule is CC1(CO)CCCC(CO)CC1. The third kappa shape index (κ3) is 2.46. The molecule has 1 fully saturated rings. The van der Waals surface area contributed by atoms with Crippen LogP contribution in [0.2, 0.25) is 0 Å². The fourth-order valence-electron chi connectivity index (χ4n) is 1.98. The molecule has 2 atom stereocenters. The Morgan fingerprint density at radius 1 is 1.25 bits per heavy atom. The molecule has 12 heavy (non-hydrogen) atoms. The molecular formula is C10H20O2. The van der Waals surface area contributed by atoms with E-state index in [1.165, 1.54) is 0 Å². The highest BCUT2D eigenvalue weighted by molar-refractivity contribution is 4.78. The topological polar surface area (TPSA) is 40.5 Å². The smallest absolute Gasteiger partial charge is 0.0484 e. The predicted molar refractivity (Wildman–Crippen MR) is 48.9 cm³/mol. The van der Waals surface area contributed by atoms with Crippen LogP contribution in [0.25, 0.3) is 0 Å². The van der Waals surface area contributed by atoms with Gasteiger partial charge in [0.25, 0.3) is 0 Å². The minimum Gasteiger partial charge on any atom is -0.396 e. The molecule has 0 aromatic heterocycles. The maximum atomic E-state index is 9.17. The van der Waals surface area contributed by atoms with E-state index in [0.717, 1.165) is 32.1 Å². The normalized spacial score (nSPS) is 37.8. The summed E-state index contributed by atoms with van der Waals surface area (Å²) in [4.78, 5) is 0. The lowest BCUT2D eigenvalue weighted by molar-refractivity contribution is 0.122. The molecule has 0 saturated heterocycles. The maximum Gasteiger partial charge on any atom is 0.0484 e. The van der Waals surface area contributed by atoms with Crippen LogP contribution in [0.15, 0.2) is 0 Å². The monoisotopic (exact) mass is 172 g/mol. The summed E-state index contributed by atoms with van der Waals surface area (Å²) < 4.78 is 0. The zero-order chi connectivity index (χ0) is 9.03. The number of rotatable bonds is 2. The van der Waals surface area contributed by atoms with Gasteiger partial charge < -0.3 is 10.2 Å². The van der Waals surface area contributed by atoms with Crippen molar-refractivity contribution in [3.8, 4) is 0 Å². The lowest BCUT2D eigenvalue weighted by Crippen LogP contribution is -2.20. The lowest BCUT2D eigenvalue weighted by atomic mass is 9.83. The summed E-state index contributed by atoms with van der Waals surface area (Å²) in [5.41, 5.74) is 0.129. The molecule has 0 amide bonds. The van der Waals surface area contributed by atoms with Crippen LogP contribution in [0, 0.1) is 11.3 Å². The second-order valence-corrected chi connectivity index (χ2v) is 4.45. The van der Waals surface area contributed by atoms with E-state index in [1.807, 2.05) is 0 Å². The van der Waals surface area contributed by atoms with E-state index in [1.54, 1.807) is 0 Å². The first-order valence-electron chi connectivity index (χ1n) is 4.92. The second-order valence-electron chi connectivity index (χ2n) is 4.45. The van der Waals surface area contributed by atoms with E-state index in [-0.39, 0.29) is 5.41 Å². The molecule has 0 aromatic rings. The average Bonchev–Trinajstić information content (AvgIpc) is 2.28. The summed E-state index contributed by atoms with van der Waals surface area (Å²) in [6, 6.07) is 0. The predicted octanol–water partition coefficient (Wildman–Crippen LogP) is 1.56. The van der Waals surface area contributed by atoms with Gasteiger partial charge in [-0.1, -0.05) is 13.3 Å². The fourth-order valence-corrected chi connectivity index (χ4v) is 1.98. The molecule has 2 heteroatoms. The van der Waals surface area contributed by atoms with Crippen molar-refractivity contribution in [2.75, 3.05) is 13.2 Å². The zero-order valence-corrected chi connectivity index (χ0v) is 7.92. The van der Waals surface area contributed by atoms with Crippen molar-refractivity contribution in [1.29, 1.82) is 0 Å². The van der Waals surface area contributed by atoms with Crippen LogP contribution >= 0.6 is 0 Å². The van der Waals surface area contributed by atoms with Crippen LogP contribution in [0.3, 0.4) is 0 Å². The van der Waals surface area contributed by atoms with Crippen LogP contribution in [0.4, 0.5) is 0 Å². The van der Waals surface area contributed by atoms with Crippen molar-refractivity contribution in [3.63, 3.8) is 0 Å². The first-order chi connectivity index (χ1) is 5.70. The minimum absolute atomic E-state index is 0.129. The molecular weight excluding hydrogens is 152 g/mol. The van der Waals surface area contributed by atoms with Crippen LogP contribution < -0.4 is 0 Å². The molecule has 1 aliphatic rings. The quantitative estimate of drug-likeness (QED) is 0.620. The van der Waals surface area contributed by atoms with E-state index in [2.05, 4.69) is 6.92 Å². The van der Waals surface area contributed by atoms with Crippen molar-refractivity contribution in [2.24, 2.45) is 11.3 Å². The molecule has 1 aliphatic carbocycles. The van der Waals surface area contributed by atoms with Crippen molar-refractivity contribution in [3.05, 3.63) is 0 Å². The van der Waals surface area contributed by atoms with Crippen molar-refractivity contribution in [2.45, 2.75) is 39.0 Å². The fraction of sp³-hybridized carbons (Fsp3) is 1.00. The van der Waals surface area contributed by atoms with Crippen LogP contribution in [-0.2, 0) is 0 Å². The molecule has 2 N–H and O–H groups in total. The maximum absolute atomic E-state index is 9.17. The Bertz CT molecular complexity index is 136. The first-order valence-corrected chi connectivity index (χ1v) is 4.92. The van der Waals surface area contributed by atoms with E-state index in [9.17, 15) is 5.11 Å². The van der Waals surface area contributed by atoms with Crippen molar-refractivity contribution < 1.29 is 10.2 Å². The largest absolute Gasteiger partial charge is 0.396 e. The van der Waals surface area contributed by atoms with Gasteiger partial charge >= 0.3 is 0 Å². The highest BCUT2D eigenvalue weighted by Gasteiger charge is 2.27. The molecule has 0 heterocycles. The van der Waals surface area contributed by atoms with E-state index in [0.29, 0.717) is 19.1 Å². The third-order valence-corrected chi connectivity index (χ3v) is 3.19. The summed E-state index contributed by atoms with van der Waals surface area (Å²) in [6.45, 7) is 2.76. The standard InChI is InChI=1S/C10H20O2/c1-10(8-12)5-2-3-9(7-11)4-6-10/h9,11-12H,2-8H2,1H3. The van der Waals surface area contributed by atoms with Gasteiger partial charge in [0.2, 0.25) is 0 Å². The van der Waals surface area contributed by atoms with E-state index in [4.69, 9.17) is 5.11 Å². The molecule has 2 nitrogen and oxygen atoms in total. The average molecular weight is 172 g/mol. The summed E-state index contributed by atoms with van der Waals surface area (Å²) in [5, 5.41) is 18.2. The van der Waals surface area contributed by atoms with Gasteiger partial charge in [0.1, 0.15) is 0 Å². The van der Waals surface area contributed by atoms with Crippen molar-refractivity contribution >= 4 is 0 Å². The zero-order valence-electron chi connectivity index (χ0n) is 7.92. The summed E-state index contributed by atoms with van der Waals surface area (Å²) >= 11 is 0. The minimum atomic E-state index is 0.129. The summed E-state index contributed by atoms with van der Waals surface area (Å²) in [7, 11) is 0. The number of hydrogen-bond acceptors (Lipinski definition) is 2. The van der Waals surface area contributed by atoms with E-state index >= 15 is 0 Å². The van der Waals surface area contributed by atoms with Gasteiger partial charge in [0.05, 0.1) is 0 Å². The molecule has 1 rings (SSSR count). The molecule has 0 bridgehead atoms. The van der Waals surface area contributed by atoms with Crippen molar-refractivity contribution in [1.82, 2.24) is 0 Å². The van der Waals surface area contributed by atoms with E-state index < -0.39 is 0 Å². The first kappa shape index (κ1) is 10.0. The molecule has 0 spiro atoms. The molecule has 0 radical (unpaired) electrons. The van der Waals surface area contributed by atoms with Crippen LogP contribution in [-0.4, -0.2) is 23.4 Å². The van der Waals surface area contributed by atoms with Crippen LogP contribution in [0.5, 0.6) is 0 Å². The third-order valence-electron chi connectivity index (χ3n) is 3.19. The molecule has 1 saturated carbocycles. The summed E-state index contributed by atoms with van der Waals surface area (Å²) in [6.07, 6.45) is 5.54. The number of hydrogen-bond donors (Lipinski definition) is 2. The highest BCUT2D eigenvalue weighted by atomic mass is 16.3. The summed E-state index contributed by atoms with van der Waals surface area (Å²) in [5.74, 6) is 0.485. The van der Waals surface area contributed by atoms with Crippen LogP contribution in [0.1, 0.15) is 39.0 Å². The van der Waals surface area contributed by atoms with Gasteiger partial charge in [-0.05, 0) is 37.0 Å². The van der Waals surface area contributed by atoms with Gasteiger partial charge in [-0.2, -0.15) is 0 Å². The van der Waals surface area contributed by atoms with Gasteiger partial charge in [-0.15, -0.1) is 0 Å². The second kappa shape index (κ2) is 4.24. The molecule has 72 valence electrons.